The predicted octanol–water partition coefficient (Wildman–Crippen LogP) is 5.07. The summed E-state index contributed by atoms with van der Waals surface area (Å²) < 4.78 is 56.4. The van der Waals surface area contributed by atoms with Crippen LogP contribution >= 0.6 is 34.8 Å². The van der Waals surface area contributed by atoms with Gasteiger partial charge in [0.2, 0.25) is 5.90 Å². The van der Waals surface area contributed by atoms with E-state index in [0.717, 1.165) is 22.9 Å². The van der Waals surface area contributed by atoms with Gasteiger partial charge in [-0.25, -0.2) is 4.99 Å². The molecule has 0 aliphatic carbocycles. The first-order valence-electron chi connectivity index (χ1n) is 9.08. The monoisotopic (exact) mass is 510 g/mol. The number of ether oxygens (including phenoxy) is 3. The normalized spacial score (nSPS) is 15.7. The lowest BCUT2D eigenvalue weighted by Gasteiger charge is -2.13. The van der Waals surface area contributed by atoms with Crippen LogP contribution in [0, 0.1) is 0 Å². The van der Waals surface area contributed by atoms with Crippen molar-refractivity contribution in [2.24, 2.45) is 4.99 Å². The molecule has 3 rings (SSSR count). The minimum atomic E-state index is -4.57. The van der Waals surface area contributed by atoms with Crippen LogP contribution in [0.15, 0.2) is 50.8 Å². The molecule has 1 unspecified atom stereocenters. The quantitative estimate of drug-likeness (QED) is 0.521. The molecule has 2 heterocycles. The van der Waals surface area contributed by atoms with E-state index in [1.807, 2.05) is 0 Å². The first kappa shape index (κ1) is 24.3. The zero-order valence-corrected chi connectivity index (χ0v) is 18.7. The maximum atomic E-state index is 13.0. The summed E-state index contributed by atoms with van der Waals surface area (Å²) in [6.07, 6.45) is -2.37. The lowest BCUT2D eigenvalue weighted by molar-refractivity contribution is -0.138. The van der Waals surface area contributed by atoms with E-state index in [1.54, 1.807) is 6.07 Å². The van der Waals surface area contributed by atoms with Gasteiger partial charge in [-0.05, 0) is 18.2 Å². The van der Waals surface area contributed by atoms with Crippen molar-refractivity contribution in [3.05, 3.63) is 67.5 Å². The lowest BCUT2D eigenvalue weighted by atomic mass is 10.2. The van der Waals surface area contributed by atoms with Crippen LogP contribution in [0.5, 0.6) is 11.5 Å². The highest BCUT2D eigenvalue weighted by Crippen LogP contribution is 2.35. The van der Waals surface area contributed by atoms with Gasteiger partial charge in [0, 0.05) is 18.3 Å². The van der Waals surface area contributed by atoms with Crippen LogP contribution in [0.25, 0.3) is 0 Å². The van der Waals surface area contributed by atoms with E-state index in [-0.39, 0.29) is 40.9 Å². The summed E-state index contributed by atoms with van der Waals surface area (Å²) in [6.45, 7) is 0.0326. The Labute approximate surface area is 195 Å². The Morgan fingerprint density at radius 1 is 1.34 bits per heavy atom. The van der Waals surface area contributed by atoms with E-state index in [0.29, 0.717) is 11.3 Å². The number of rotatable bonds is 7. The smallest absolute Gasteiger partial charge is 0.417 e. The summed E-state index contributed by atoms with van der Waals surface area (Å²) in [6, 6.07) is 4.11. The molecule has 0 bridgehead atoms. The fourth-order valence-corrected chi connectivity index (χ4v) is 3.36. The van der Waals surface area contributed by atoms with E-state index in [9.17, 15) is 18.0 Å². The number of nitrogens with zero attached hydrogens (tertiary/aromatic N) is 2. The molecule has 1 aliphatic heterocycles. The van der Waals surface area contributed by atoms with Crippen molar-refractivity contribution in [3.63, 3.8) is 0 Å². The van der Waals surface area contributed by atoms with Gasteiger partial charge in [0.25, 0.3) is 5.56 Å². The van der Waals surface area contributed by atoms with Gasteiger partial charge in [0.05, 0.1) is 29.8 Å². The average Bonchev–Trinajstić information content (AvgIpc) is 3.16. The molecule has 1 aromatic carbocycles. The highest BCUT2D eigenvalue weighted by Gasteiger charge is 2.32. The molecular weight excluding hydrogens is 496 g/mol. The summed E-state index contributed by atoms with van der Waals surface area (Å²) in [4.78, 5) is 16.4. The van der Waals surface area contributed by atoms with Crippen LogP contribution in [0.3, 0.4) is 0 Å². The molecule has 1 aromatic heterocycles. The number of aliphatic imine (C=N–C) groups is 1. The predicted molar refractivity (Wildman–Crippen MR) is 115 cm³/mol. The van der Waals surface area contributed by atoms with Crippen LogP contribution in [0.2, 0.25) is 5.02 Å². The van der Waals surface area contributed by atoms with E-state index in [4.69, 9.17) is 49.0 Å². The molecular formula is C20H16Cl3F3N2O4. The fourth-order valence-electron chi connectivity index (χ4n) is 2.94. The first-order valence-corrected chi connectivity index (χ1v) is 10.2. The lowest BCUT2D eigenvalue weighted by Crippen LogP contribution is -2.27. The minimum Gasteiger partial charge on any atom is -0.494 e. The van der Waals surface area contributed by atoms with Crippen molar-refractivity contribution >= 4 is 40.7 Å². The second-order valence-electron chi connectivity index (χ2n) is 6.60. The molecule has 0 saturated carbocycles. The maximum Gasteiger partial charge on any atom is 0.417 e. The van der Waals surface area contributed by atoms with E-state index in [2.05, 4.69) is 4.99 Å². The van der Waals surface area contributed by atoms with Crippen molar-refractivity contribution < 1.29 is 27.4 Å². The number of hydrogen-bond acceptors (Lipinski definition) is 5. The second-order valence-corrected chi connectivity index (χ2v) is 8.01. The summed E-state index contributed by atoms with van der Waals surface area (Å²) in [7, 11) is 1.41. The number of benzene rings is 1. The van der Waals surface area contributed by atoms with Crippen molar-refractivity contribution in [2.75, 3.05) is 20.3 Å². The Bertz CT molecular complexity index is 1110. The molecule has 2 aromatic rings. The van der Waals surface area contributed by atoms with Crippen molar-refractivity contribution in [3.8, 4) is 11.5 Å². The van der Waals surface area contributed by atoms with Gasteiger partial charge in [0.15, 0.2) is 0 Å². The largest absolute Gasteiger partial charge is 0.494 e. The zero-order valence-electron chi connectivity index (χ0n) is 16.5. The molecule has 0 spiro atoms. The summed E-state index contributed by atoms with van der Waals surface area (Å²) in [5, 5.41) is 0.227. The zero-order chi connectivity index (χ0) is 23.5. The summed E-state index contributed by atoms with van der Waals surface area (Å²) in [5.74, 6) is 0.797. The average molecular weight is 512 g/mol. The Kier molecular flexibility index (Phi) is 7.63. The van der Waals surface area contributed by atoms with Gasteiger partial charge in [0.1, 0.15) is 35.2 Å². The Morgan fingerprint density at radius 3 is 2.75 bits per heavy atom. The molecule has 172 valence electrons. The van der Waals surface area contributed by atoms with Gasteiger partial charge in [-0.2, -0.15) is 13.2 Å². The van der Waals surface area contributed by atoms with Crippen LogP contribution in [-0.2, 0) is 17.5 Å². The molecule has 0 N–H and O–H groups in total. The molecule has 12 heteroatoms. The fraction of sp³-hybridized carbons (Fsp3) is 0.300. The molecule has 6 nitrogen and oxygen atoms in total. The second kappa shape index (κ2) is 10.1. The molecule has 32 heavy (non-hydrogen) atoms. The van der Waals surface area contributed by atoms with Gasteiger partial charge >= 0.3 is 6.18 Å². The van der Waals surface area contributed by atoms with Crippen molar-refractivity contribution in [1.82, 2.24) is 4.57 Å². The van der Waals surface area contributed by atoms with Crippen molar-refractivity contribution in [1.29, 1.82) is 0 Å². The van der Waals surface area contributed by atoms with Crippen molar-refractivity contribution in [2.45, 2.75) is 18.8 Å². The van der Waals surface area contributed by atoms with E-state index in [1.165, 1.54) is 19.3 Å². The SMILES string of the molecule is COc1c(Cl)cc(OCC=C(Cl)Cl)cc1C1=NC(Cn2cc(C(F)(F)F)ccc2=O)CO1. The highest BCUT2D eigenvalue weighted by atomic mass is 35.5. The Balaban J connectivity index is 1.86. The van der Waals surface area contributed by atoms with Gasteiger partial charge in [-0.1, -0.05) is 34.8 Å². The van der Waals surface area contributed by atoms with E-state index >= 15 is 0 Å². The Hall–Kier alpha value is -2.36. The number of halogens is 6. The van der Waals surface area contributed by atoms with Gasteiger partial charge < -0.3 is 18.8 Å². The third kappa shape index (κ3) is 5.90. The van der Waals surface area contributed by atoms with Crippen LogP contribution in [0.1, 0.15) is 11.1 Å². The Morgan fingerprint density at radius 2 is 2.09 bits per heavy atom. The number of pyridine rings is 1. The molecule has 1 aliphatic rings. The van der Waals surface area contributed by atoms with E-state index < -0.39 is 23.3 Å². The molecule has 1 atom stereocenters. The minimum absolute atomic E-state index is 0.0426. The summed E-state index contributed by atoms with van der Waals surface area (Å²) in [5.41, 5.74) is -1.12. The van der Waals surface area contributed by atoms with Crippen LogP contribution in [0.4, 0.5) is 13.2 Å². The third-order valence-corrected chi connectivity index (χ3v) is 4.96. The standard InChI is InChI=1S/C20H16Cl3F3N2O4/c1-30-18-14(6-13(7-15(18)21)31-5-4-16(22)23)19-27-12(10-32-19)9-28-8-11(20(24,25)26)2-3-17(28)29/h2-4,6-8,12H,5,9-10H2,1H3. The number of aromatic nitrogens is 1. The summed E-state index contributed by atoms with van der Waals surface area (Å²) >= 11 is 17.4. The number of hydrogen-bond donors (Lipinski definition) is 0. The first-order chi connectivity index (χ1) is 15.1. The molecule has 0 fully saturated rings. The number of alkyl halides is 3. The third-order valence-electron chi connectivity index (χ3n) is 4.37. The highest BCUT2D eigenvalue weighted by molar-refractivity contribution is 6.55. The maximum absolute atomic E-state index is 13.0. The van der Waals surface area contributed by atoms with Gasteiger partial charge in [-0.15, -0.1) is 0 Å². The van der Waals surface area contributed by atoms with Gasteiger partial charge in [-0.3, -0.25) is 4.79 Å². The van der Waals surface area contributed by atoms with Crippen LogP contribution < -0.4 is 15.0 Å². The molecule has 0 amide bonds. The topological polar surface area (TPSA) is 62.0 Å². The molecule has 0 saturated heterocycles. The molecule has 0 radical (unpaired) electrons. The van der Waals surface area contributed by atoms with Crippen LogP contribution in [-0.4, -0.2) is 36.8 Å². The number of methoxy groups -OCH3 is 1.